The highest BCUT2D eigenvalue weighted by Gasteiger charge is 2.53. The summed E-state index contributed by atoms with van der Waals surface area (Å²) in [7, 11) is 0. The normalized spacial score (nSPS) is 35.8. The molecule has 3 saturated carbocycles. The molecule has 4 N–H and O–H groups in total. The number of rotatable bonds is 20. The predicted octanol–water partition coefficient (Wildman–Crippen LogP) is 15.2. The standard InChI is InChI=1S/2C31H52O3/c2*1-22(13-16-27-23(2)14-15-25(4)29(27,5)6)11-9-18-30(7)28(12-10-20-32)26(24(3)21-33)17-19-31(30,8)34/h11,14,21,25,27-28,32,34H,9-10,12-13,15-20H2,1-8H3;11,21,25,27-28,32,34H,2,9-10,12-20H2,1,3-8H3/b2*22-11+,26-24-/t2*25-,27+,28+,30-,31-/m00/s1. The second kappa shape index (κ2) is 25.3. The molecule has 0 aromatic heterocycles. The molecule has 4 aliphatic rings. The predicted molar refractivity (Wildman–Crippen MR) is 287 cm³/mol. The first-order valence-corrected chi connectivity index (χ1v) is 27.2. The summed E-state index contributed by atoms with van der Waals surface area (Å²) in [4.78, 5) is 23.2. The Morgan fingerprint density at radius 1 is 0.632 bits per heavy atom. The van der Waals surface area contributed by atoms with Crippen molar-refractivity contribution in [2.24, 2.45) is 57.2 Å². The van der Waals surface area contributed by atoms with Crippen molar-refractivity contribution in [3.8, 4) is 0 Å². The van der Waals surface area contributed by atoms with E-state index in [-0.39, 0.29) is 35.9 Å². The van der Waals surface area contributed by atoms with E-state index in [9.17, 15) is 30.0 Å². The molecular weight excluding hydrogens is 841 g/mol. The first-order chi connectivity index (χ1) is 31.6. The minimum absolute atomic E-state index is 0.121. The number of allylic oxidation sites excluding steroid dienone is 11. The van der Waals surface area contributed by atoms with Crippen molar-refractivity contribution in [1.82, 2.24) is 0 Å². The van der Waals surface area contributed by atoms with Crippen LogP contribution in [0.5, 0.6) is 0 Å². The molecule has 3 fully saturated rings. The number of hydrogen-bond donors (Lipinski definition) is 4. The summed E-state index contributed by atoms with van der Waals surface area (Å²) < 4.78 is 0. The molecule has 10 atom stereocenters. The number of aliphatic hydroxyl groups is 4. The average molecular weight is 946 g/mol. The fourth-order valence-electron chi connectivity index (χ4n) is 13.7. The van der Waals surface area contributed by atoms with Gasteiger partial charge in [0.15, 0.2) is 0 Å². The molecule has 4 aliphatic carbocycles. The van der Waals surface area contributed by atoms with Gasteiger partial charge in [0, 0.05) is 24.0 Å². The molecule has 0 aromatic rings. The number of carbonyl (C=O) groups is 2. The van der Waals surface area contributed by atoms with E-state index in [2.05, 4.69) is 101 Å². The number of aliphatic hydroxyl groups excluding tert-OH is 2. The molecule has 0 aromatic carbocycles. The number of carbonyl (C=O) groups excluding carboxylic acids is 2. The molecule has 6 nitrogen and oxygen atoms in total. The van der Waals surface area contributed by atoms with Crippen molar-refractivity contribution >= 4 is 12.6 Å². The maximum Gasteiger partial charge on any atom is 0.145 e. The summed E-state index contributed by atoms with van der Waals surface area (Å²) in [5.74, 6) is 2.91. The van der Waals surface area contributed by atoms with Gasteiger partial charge in [-0.15, -0.1) is 0 Å². The zero-order valence-corrected chi connectivity index (χ0v) is 46.5. The van der Waals surface area contributed by atoms with E-state index in [1.807, 2.05) is 27.7 Å². The first kappa shape index (κ1) is 59.9. The van der Waals surface area contributed by atoms with Crippen LogP contribution in [0, 0.1) is 57.2 Å². The Bertz CT molecular complexity index is 1850. The Labute approximate surface area is 417 Å². The summed E-state index contributed by atoms with van der Waals surface area (Å²) in [6.07, 6.45) is 26.8. The zero-order valence-electron chi connectivity index (χ0n) is 46.5. The van der Waals surface area contributed by atoms with Gasteiger partial charge in [0.1, 0.15) is 12.6 Å². The van der Waals surface area contributed by atoms with Gasteiger partial charge in [-0.25, -0.2) is 0 Å². The molecule has 4 rings (SSSR count). The van der Waals surface area contributed by atoms with Gasteiger partial charge in [-0.3, -0.25) is 9.59 Å². The van der Waals surface area contributed by atoms with E-state index in [0.29, 0.717) is 54.3 Å². The summed E-state index contributed by atoms with van der Waals surface area (Å²) in [6, 6.07) is 0. The summed E-state index contributed by atoms with van der Waals surface area (Å²) in [5, 5.41) is 42.0. The summed E-state index contributed by atoms with van der Waals surface area (Å²) >= 11 is 0. The van der Waals surface area contributed by atoms with E-state index in [4.69, 9.17) is 0 Å². The van der Waals surface area contributed by atoms with Crippen molar-refractivity contribution in [1.29, 1.82) is 0 Å². The largest absolute Gasteiger partial charge is 0.396 e. The molecule has 0 radical (unpaired) electrons. The van der Waals surface area contributed by atoms with Gasteiger partial charge in [0.05, 0.1) is 11.2 Å². The van der Waals surface area contributed by atoms with Crippen LogP contribution in [0.15, 0.2) is 69.4 Å². The SMILES string of the molecule is C=C1CC[C@H](C)C(C)(C)[C@@H]1CC/C(C)=C/CC[C@@]1(C)[C@H](CCCO)/C(=C(/C)C=O)CC[C@]1(C)O.CC1=CC[C@H](C)C(C)(C)[C@@H]1CC/C(C)=C/CC[C@@]1(C)[C@H](CCCO)/C(=C(/C)C=O)CC[C@]1(C)O. The minimum Gasteiger partial charge on any atom is -0.396 e. The van der Waals surface area contributed by atoms with E-state index in [0.717, 1.165) is 107 Å². The lowest BCUT2D eigenvalue weighted by atomic mass is 9.54. The third kappa shape index (κ3) is 14.0. The Kier molecular flexibility index (Phi) is 22.3. The Hall–Kier alpha value is -2.38. The highest BCUT2D eigenvalue weighted by atomic mass is 16.3. The highest BCUT2D eigenvalue weighted by Crippen LogP contribution is 2.57. The van der Waals surface area contributed by atoms with Crippen LogP contribution in [0.2, 0.25) is 0 Å². The van der Waals surface area contributed by atoms with Crippen molar-refractivity contribution in [3.63, 3.8) is 0 Å². The quantitative estimate of drug-likeness (QED) is 0.0549. The lowest BCUT2D eigenvalue weighted by molar-refractivity contribution is -0.115. The molecule has 0 spiro atoms. The molecule has 0 unspecified atom stereocenters. The molecule has 0 bridgehead atoms. The first-order valence-electron chi connectivity index (χ1n) is 27.2. The van der Waals surface area contributed by atoms with Crippen LogP contribution in [0.25, 0.3) is 0 Å². The topological polar surface area (TPSA) is 115 Å². The molecule has 0 heterocycles. The van der Waals surface area contributed by atoms with Gasteiger partial charge in [0.25, 0.3) is 0 Å². The van der Waals surface area contributed by atoms with Crippen LogP contribution in [0.3, 0.4) is 0 Å². The van der Waals surface area contributed by atoms with Crippen LogP contribution >= 0.6 is 0 Å². The van der Waals surface area contributed by atoms with Gasteiger partial charge in [-0.1, -0.05) is 114 Å². The van der Waals surface area contributed by atoms with Gasteiger partial charge in [0.2, 0.25) is 0 Å². The van der Waals surface area contributed by atoms with E-state index in [1.165, 1.54) is 47.1 Å². The molecule has 6 heteroatoms. The van der Waals surface area contributed by atoms with Crippen LogP contribution in [-0.4, -0.2) is 57.4 Å². The molecule has 0 saturated heterocycles. The zero-order chi connectivity index (χ0) is 51.5. The lowest BCUT2D eigenvalue weighted by Gasteiger charge is -2.53. The van der Waals surface area contributed by atoms with E-state index in [1.54, 1.807) is 5.57 Å². The second-order valence-electron chi connectivity index (χ2n) is 25.1. The fraction of sp³-hybridized carbons (Fsp3) is 0.774. The molecule has 0 amide bonds. The van der Waals surface area contributed by atoms with Crippen LogP contribution < -0.4 is 0 Å². The highest BCUT2D eigenvalue weighted by molar-refractivity contribution is 5.74. The van der Waals surface area contributed by atoms with Crippen molar-refractivity contribution < 1.29 is 30.0 Å². The number of hydrogen-bond acceptors (Lipinski definition) is 6. The molecule has 0 aliphatic heterocycles. The maximum atomic E-state index is 11.6. The van der Waals surface area contributed by atoms with Gasteiger partial charge in [-0.05, 0) is 228 Å². The Balaban J connectivity index is 0.000000360. The molecule has 68 heavy (non-hydrogen) atoms. The molecule has 388 valence electrons. The third-order valence-electron chi connectivity index (χ3n) is 20.3. The minimum atomic E-state index is -0.790. The Morgan fingerprint density at radius 3 is 1.46 bits per heavy atom. The van der Waals surface area contributed by atoms with E-state index >= 15 is 0 Å². The summed E-state index contributed by atoms with van der Waals surface area (Å²) in [6.45, 7) is 38.1. The Morgan fingerprint density at radius 2 is 1.04 bits per heavy atom. The van der Waals surface area contributed by atoms with Gasteiger partial charge in [-0.2, -0.15) is 0 Å². The van der Waals surface area contributed by atoms with E-state index < -0.39 is 11.2 Å². The summed E-state index contributed by atoms with van der Waals surface area (Å²) in [5.41, 5.74) is 8.26. The maximum absolute atomic E-state index is 11.6. The average Bonchev–Trinajstić information content (AvgIpc) is 3.27. The van der Waals surface area contributed by atoms with Crippen LogP contribution in [0.4, 0.5) is 0 Å². The smallest absolute Gasteiger partial charge is 0.145 e. The monoisotopic (exact) mass is 945 g/mol. The fourth-order valence-corrected chi connectivity index (χ4v) is 13.7. The number of aldehydes is 2. The van der Waals surface area contributed by atoms with Gasteiger partial charge >= 0.3 is 0 Å². The van der Waals surface area contributed by atoms with Crippen LogP contribution in [0.1, 0.15) is 226 Å². The second-order valence-corrected chi connectivity index (χ2v) is 25.1. The molecular formula is C62H104O6. The van der Waals surface area contributed by atoms with Crippen LogP contribution in [-0.2, 0) is 9.59 Å². The lowest BCUT2D eigenvalue weighted by Crippen LogP contribution is -2.52. The van der Waals surface area contributed by atoms with Gasteiger partial charge < -0.3 is 20.4 Å². The van der Waals surface area contributed by atoms with Crippen molar-refractivity contribution in [2.75, 3.05) is 13.2 Å². The third-order valence-corrected chi connectivity index (χ3v) is 20.3. The van der Waals surface area contributed by atoms with Crippen molar-refractivity contribution in [2.45, 2.75) is 237 Å². The van der Waals surface area contributed by atoms with Crippen molar-refractivity contribution in [3.05, 3.63) is 69.4 Å².